The zero-order valence-electron chi connectivity index (χ0n) is 9.65. The Bertz CT molecular complexity index is 720. The summed E-state index contributed by atoms with van der Waals surface area (Å²) in [5.41, 5.74) is 0.131. The van der Waals surface area contributed by atoms with Crippen molar-refractivity contribution in [1.29, 1.82) is 0 Å². The molecule has 2 N–H and O–H groups in total. The first kappa shape index (κ1) is 13.3. The van der Waals surface area contributed by atoms with Gasteiger partial charge in [-0.25, -0.2) is 0 Å². The molecule has 0 aliphatic rings. The second-order valence-electron chi connectivity index (χ2n) is 3.82. The van der Waals surface area contributed by atoms with Crippen molar-refractivity contribution in [3.05, 3.63) is 59.7 Å². The van der Waals surface area contributed by atoms with Crippen molar-refractivity contribution >= 4 is 15.9 Å². The zero-order chi connectivity index (χ0) is 14.0. The average molecular weight is 278 g/mol. The molecule has 0 atom stereocenters. The Hall–Kier alpha value is -2.18. The van der Waals surface area contributed by atoms with Crippen molar-refractivity contribution in [3.63, 3.8) is 0 Å². The third kappa shape index (κ3) is 2.64. The molecule has 0 fully saturated rings. The van der Waals surface area contributed by atoms with E-state index in [0.717, 1.165) is 6.07 Å². The summed E-state index contributed by atoms with van der Waals surface area (Å²) in [6.45, 7) is 0. The third-order valence-corrected chi connectivity index (χ3v) is 3.44. The molecule has 0 amide bonds. The van der Waals surface area contributed by atoms with Crippen LogP contribution in [0.15, 0.2) is 53.4 Å². The first-order valence-electron chi connectivity index (χ1n) is 5.30. The molecule has 0 heterocycles. The first-order chi connectivity index (χ1) is 8.91. The normalized spacial score (nSPS) is 11.2. The molecule has 0 bridgehead atoms. The lowest BCUT2D eigenvalue weighted by molar-refractivity contribution is 0.103. The van der Waals surface area contributed by atoms with Gasteiger partial charge in [0.25, 0.3) is 10.1 Å². The molecule has 6 heteroatoms. The van der Waals surface area contributed by atoms with Crippen LogP contribution in [0.5, 0.6) is 5.75 Å². The van der Waals surface area contributed by atoms with Gasteiger partial charge in [0.05, 0.1) is 5.56 Å². The van der Waals surface area contributed by atoms with Crippen LogP contribution in [0.3, 0.4) is 0 Å². The van der Waals surface area contributed by atoms with Gasteiger partial charge in [-0.15, -0.1) is 0 Å². The number of phenols is 1. The fraction of sp³-hybridized carbons (Fsp3) is 0. The molecular formula is C13H10O5S. The average Bonchev–Trinajstić information content (AvgIpc) is 2.38. The molecule has 0 radical (unpaired) electrons. The second-order valence-corrected chi connectivity index (χ2v) is 5.21. The van der Waals surface area contributed by atoms with Crippen LogP contribution in [0.2, 0.25) is 0 Å². The number of rotatable bonds is 3. The Kier molecular flexibility index (Phi) is 3.37. The molecule has 98 valence electrons. The summed E-state index contributed by atoms with van der Waals surface area (Å²) < 4.78 is 31.0. The van der Waals surface area contributed by atoms with Crippen LogP contribution >= 0.6 is 0 Å². The molecule has 0 spiro atoms. The molecular weight excluding hydrogens is 268 g/mol. The van der Waals surface area contributed by atoms with E-state index in [1.54, 1.807) is 30.3 Å². The van der Waals surface area contributed by atoms with Crippen molar-refractivity contribution in [1.82, 2.24) is 0 Å². The van der Waals surface area contributed by atoms with E-state index in [2.05, 4.69) is 0 Å². The highest BCUT2D eigenvalue weighted by Crippen LogP contribution is 2.28. The van der Waals surface area contributed by atoms with Gasteiger partial charge in [-0.2, -0.15) is 8.42 Å². The standard InChI is InChI=1S/C13H10O5S/c14-12(9-5-2-1-3-6-9)10-7-4-8-11(13(10)15)19(16,17)18/h1-8,15H,(H,16,17,18). The molecule has 0 aliphatic carbocycles. The Labute approximate surface area is 109 Å². The number of carbonyl (C=O) groups is 1. The molecule has 0 saturated carbocycles. The number of benzene rings is 2. The summed E-state index contributed by atoms with van der Waals surface area (Å²) in [5, 5.41) is 9.80. The number of hydrogen-bond donors (Lipinski definition) is 2. The summed E-state index contributed by atoms with van der Waals surface area (Å²) in [7, 11) is -4.57. The molecule has 0 unspecified atom stereocenters. The number of ketones is 1. The van der Waals surface area contributed by atoms with E-state index in [1.165, 1.54) is 12.1 Å². The lowest BCUT2D eigenvalue weighted by atomic mass is 10.0. The smallest absolute Gasteiger partial charge is 0.298 e. The van der Waals surface area contributed by atoms with E-state index in [9.17, 15) is 18.3 Å². The topological polar surface area (TPSA) is 91.7 Å². The van der Waals surface area contributed by atoms with Gasteiger partial charge in [-0.1, -0.05) is 36.4 Å². The van der Waals surface area contributed by atoms with E-state index in [0.29, 0.717) is 5.56 Å². The number of phenolic OH excluding ortho intramolecular Hbond substituents is 1. The van der Waals surface area contributed by atoms with Crippen LogP contribution < -0.4 is 0 Å². The second kappa shape index (κ2) is 4.83. The largest absolute Gasteiger partial charge is 0.506 e. The highest BCUT2D eigenvalue weighted by atomic mass is 32.2. The Morgan fingerprint density at radius 3 is 2.16 bits per heavy atom. The Morgan fingerprint density at radius 2 is 1.58 bits per heavy atom. The molecule has 2 aromatic rings. The zero-order valence-corrected chi connectivity index (χ0v) is 10.5. The molecule has 0 aromatic heterocycles. The number of para-hydroxylation sites is 1. The predicted octanol–water partition coefficient (Wildman–Crippen LogP) is 1.87. The van der Waals surface area contributed by atoms with E-state index < -0.39 is 26.5 Å². The van der Waals surface area contributed by atoms with Crippen molar-refractivity contribution in [3.8, 4) is 5.75 Å². The minimum absolute atomic E-state index is 0.179. The van der Waals surface area contributed by atoms with Crippen molar-refractivity contribution in [2.45, 2.75) is 4.90 Å². The highest BCUT2D eigenvalue weighted by molar-refractivity contribution is 7.86. The summed E-state index contributed by atoms with van der Waals surface area (Å²) in [5.74, 6) is -1.28. The lowest BCUT2D eigenvalue weighted by Gasteiger charge is -2.07. The van der Waals surface area contributed by atoms with E-state index in [-0.39, 0.29) is 5.56 Å². The van der Waals surface area contributed by atoms with Gasteiger partial charge in [0.1, 0.15) is 10.6 Å². The SMILES string of the molecule is O=C(c1ccccc1)c1cccc(S(=O)(=O)O)c1O. The Balaban J connectivity index is 2.57. The highest BCUT2D eigenvalue weighted by Gasteiger charge is 2.21. The van der Waals surface area contributed by atoms with Crippen LogP contribution in [-0.4, -0.2) is 23.9 Å². The molecule has 19 heavy (non-hydrogen) atoms. The fourth-order valence-corrected chi connectivity index (χ4v) is 2.26. The molecule has 0 aliphatic heterocycles. The van der Waals surface area contributed by atoms with Crippen LogP contribution in [-0.2, 0) is 10.1 Å². The van der Waals surface area contributed by atoms with Gasteiger partial charge in [-0.05, 0) is 12.1 Å². The molecule has 0 saturated heterocycles. The summed E-state index contributed by atoms with van der Waals surface area (Å²) in [6, 6.07) is 11.7. The minimum atomic E-state index is -4.57. The lowest BCUT2D eigenvalue weighted by Crippen LogP contribution is -2.05. The van der Waals surface area contributed by atoms with E-state index in [4.69, 9.17) is 4.55 Å². The predicted molar refractivity (Wildman–Crippen MR) is 67.8 cm³/mol. The maximum atomic E-state index is 12.1. The quantitative estimate of drug-likeness (QED) is 0.660. The van der Waals surface area contributed by atoms with Crippen molar-refractivity contribution in [2.24, 2.45) is 0 Å². The van der Waals surface area contributed by atoms with Crippen LogP contribution in [0, 0.1) is 0 Å². The fourth-order valence-electron chi connectivity index (χ4n) is 1.66. The van der Waals surface area contributed by atoms with Gasteiger partial charge in [0.15, 0.2) is 5.78 Å². The Morgan fingerprint density at radius 1 is 0.947 bits per heavy atom. The number of carbonyl (C=O) groups excluding carboxylic acids is 1. The summed E-state index contributed by atoms with van der Waals surface area (Å²) in [4.78, 5) is 11.4. The number of aromatic hydroxyl groups is 1. The molecule has 5 nitrogen and oxygen atoms in total. The maximum Gasteiger partial charge on any atom is 0.298 e. The van der Waals surface area contributed by atoms with Crippen molar-refractivity contribution < 1.29 is 22.9 Å². The van der Waals surface area contributed by atoms with Gasteiger partial charge in [-0.3, -0.25) is 9.35 Å². The number of hydrogen-bond acceptors (Lipinski definition) is 4. The first-order valence-corrected chi connectivity index (χ1v) is 6.74. The van der Waals surface area contributed by atoms with Gasteiger partial charge in [0.2, 0.25) is 0 Å². The van der Waals surface area contributed by atoms with E-state index >= 15 is 0 Å². The molecule has 2 rings (SSSR count). The van der Waals surface area contributed by atoms with Crippen molar-refractivity contribution in [2.75, 3.05) is 0 Å². The van der Waals surface area contributed by atoms with Gasteiger partial charge >= 0.3 is 0 Å². The van der Waals surface area contributed by atoms with Gasteiger partial charge < -0.3 is 5.11 Å². The van der Waals surface area contributed by atoms with Crippen LogP contribution in [0.1, 0.15) is 15.9 Å². The monoisotopic (exact) mass is 278 g/mol. The summed E-state index contributed by atoms with van der Waals surface area (Å²) >= 11 is 0. The maximum absolute atomic E-state index is 12.1. The molecule has 2 aromatic carbocycles. The summed E-state index contributed by atoms with van der Waals surface area (Å²) in [6.07, 6.45) is 0. The minimum Gasteiger partial charge on any atom is -0.506 e. The van der Waals surface area contributed by atoms with Crippen LogP contribution in [0.4, 0.5) is 0 Å². The van der Waals surface area contributed by atoms with E-state index in [1.807, 2.05) is 0 Å². The third-order valence-electron chi connectivity index (χ3n) is 2.56. The van der Waals surface area contributed by atoms with Crippen LogP contribution in [0.25, 0.3) is 0 Å². The van der Waals surface area contributed by atoms with Gasteiger partial charge in [0, 0.05) is 5.56 Å².